The van der Waals surface area contributed by atoms with Gasteiger partial charge in [0.1, 0.15) is 0 Å². The van der Waals surface area contributed by atoms with E-state index >= 15 is 0 Å². The maximum absolute atomic E-state index is 10.7. The van der Waals surface area contributed by atoms with Crippen LogP contribution in [0, 0.1) is 0 Å². The number of hydrogen-bond acceptors (Lipinski definition) is 2. The first-order chi connectivity index (χ1) is 7.08. The van der Waals surface area contributed by atoms with Crippen LogP contribution in [0.25, 0.3) is 6.08 Å². The van der Waals surface area contributed by atoms with Crippen molar-refractivity contribution in [2.24, 2.45) is 0 Å². The molecule has 0 heterocycles. The van der Waals surface area contributed by atoms with Crippen molar-refractivity contribution in [1.29, 1.82) is 0 Å². The molecule has 4 heteroatoms. The van der Waals surface area contributed by atoms with E-state index in [1.54, 1.807) is 0 Å². The SMILES string of the molecule is CS(=O)(=O)NCCC=Cc1ccccc1. The van der Waals surface area contributed by atoms with E-state index < -0.39 is 10.0 Å². The lowest BCUT2D eigenvalue weighted by Gasteiger charge is -1.97. The van der Waals surface area contributed by atoms with E-state index in [2.05, 4.69) is 4.72 Å². The number of hydrogen-bond donors (Lipinski definition) is 1. The van der Waals surface area contributed by atoms with Crippen LogP contribution in [0.4, 0.5) is 0 Å². The van der Waals surface area contributed by atoms with Crippen molar-refractivity contribution >= 4 is 16.1 Å². The van der Waals surface area contributed by atoms with E-state index in [1.165, 1.54) is 0 Å². The Morgan fingerprint density at radius 2 is 1.93 bits per heavy atom. The van der Waals surface area contributed by atoms with E-state index in [1.807, 2.05) is 42.5 Å². The molecule has 1 aromatic rings. The van der Waals surface area contributed by atoms with Gasteiger partial charge in [-0.1, -0.05) is 42.5 Å². The van der Waals surface area contributed by atoms with Gasteiger partial charge in [0.25, 0.3) is 0 Å². The van der Waals surface area contributed by atoms with Gasteiger partial charge < -0.3 is 0 Å². The summed E-state index contributed by atoms with van der Waals surface area (Å²) in [6, 6.07) is 9.90. The lowest BCUT2D eigenvalue weighted by atomic mass is 10.2. The molecule has 0 bridgehead atoms. The zero-order valence-corrected chi connectivity index (χ0v) is 9.50. The van der Waals surface area contributed by atoms with Crippen LogP contribution in [0.15, 0.2) is 36.4 Å². The largest absolute Gasteiger partial charge is 0.215 e. The van der Waals surface area contributed by atoms with Gasteiger partial charge in [-0.2, -0.15) is 0 Å². The zero-order chi connectivity index (χ0) is 11.1. The van der Waals surface area contributed by atoms with Crippen LogP contribution in [0.1, 0.15) is 12.0 Å². The first-order valence-corrected chi connectivity index (χ1v) is 6.63. The normalized spacial score (nSPS) is 12.1. The van der Waals surface area contributed by atoms with Crippen molar-refractivity contribution in [1.82, 2.24) is 4.72 Å². The molecule has 0 aliphatic carbocycles. The van der Waals surface area contributed by atoms with Crippen molar-refractivity contribution in [3.63, 3.8) is 0 Å². The Bertz CT molecular complexity index is 409. The Morgan fingerprint density at radius 3 is 2.53 bits per heavy atom. The average molecular weight is 225 g/mol. The van der Waals surface area contributed by atoms with Gasteiger partial charge in [0.15, 0.2) is 0 Å². The van der Waals surface area contributed by atoms with Crippen LogP contribution in [0.5, 0.6) is 0 Å². The van der Waals surface area contributed by atoms with E-state index in [9.17, 15) is 8.42 Å². The van der Waals surface area contributed by atoms with Crippen LogP contribution < -0.4 is 4.72 Å². The zero-order valence-electron chi connectivity index (χ0n) is 8.68. The Balaban J connectivity index is 2.30. The molecule has 0 spiro atoms. The molecule has 1 aromatic carbocycles. The predicted molar refractivity (Wildman–Crippen MR) is 62.9 cm³/mol. The molecule has 0 aromatic heterocycles. The molecule has 0 radical (unpaired) electrons. The first-order valence-electron chi connectivity index (χ1n) is 4.74. The van der Waals surface area contributed by atoms with Crippen LogP contribution in [-0.2, 0) is 10.0 Å². The van der Waals surface area contributed by atoms with Gasteiger partial charge in [0.05, 0.1) is 6.26 Å². The van der Waals surface area contributed by atoms with Crippen LogP contribution in [0.2, 0.25) is 0 Å². The van der Waals surface area contributed by atoms with E-state index in [0.29, 0.717) is 13.0 Å². The van der Waals surface area contributed by atoms with Crippen molar-refractivity contribution in [2.75, 3.05) is 12.8 Å². The van der Waals surface area contributed by atoms with Gasteiger partial charge in [-0.25, -0.2) is 13.1 Å². The molecule has 0 unspecified atom stereocenters. The maximum Gasteiger partial charge on any atom is 0.208 e. The monoisotopic (exact) mass is 225 g/mol. The summed E-state index contributed by atoms with van der Waals surface area (Å²) in [4.78, 5) is 0. The van der Waals surface area contributed by atoms with E-state index in [4.69, 9.17) is 0 Å². The maximum atomic E-state index is 10.7. The number of nitrogens with one attached hydrogen (secondary N) is 1. The molecule has 0 atom stereocenters. The van der Waals surface area contributed by atoms with Gasteiger partial charge in [-0.15, -0.1) is 0 Å². The molecule has 3 nitrogen and oxygen atoms in total. The van der Waals surface area contributed by atoms with Crippen LogP contribution in [0.3, 0.4) is 0 Å². The van der Waals surface area contributed by atoms with Crippen molar-refractivity contribution in [3.8, 4) is 0 Å². The fourth-order valence-corrected chi connectivity index (χ4v) is 1.60. The third kappa shape index (κ3) is 6.04. The predicted octanol–water partition coefficient (Wildman–Crippen LogP) is 1.64. The summed E-state index contributed by atoms with van der Waals surface area (Å²) >= 11 is 0. The molecule has 1 rings (SSSR count). The Labute approximate surface area is 90.9 Å². The summed E-state index contributed by atoms with van der Waals surface area (Å²) in [6.07, 6.45) is 5.79. The Kier molecular flexibility index (Phi) is 4.52. The summed E-state index contributed by atoms with van der Waals surface area (Å²) < 4.78 is 23.9. The minimum Gasteiger partial charge on any atom is -0.215 e. The molecular weight excluding hydrogens is 210 g/mol. The summed E-state index contributed by atoms with van der Waals surface area (Å²) in [6.45, 7) is 0.447. The summed E-state index contributed by atoms with van der Waals surface area (Å²) in [5.74, 6) is 0. The lowest BCUT2D eigenvalue weighted by Crippen LogP contribution is -2.22. The van der Waals surface area contributed by atoms with E-state index in [-0.39, 0.29) is 0 Å². The molecular formula is C11H15NO2S. The molecule has 15 heavy (non-hydrogen) atoms. The van der Waals surface area contributed by atoms with E-state index in [0.717, 1.165) is 11.8 Å². The molecule has 0 aliphatic heterocycles. The van der Waals surface area contributed by atoms with Crippen molar-refractivity contribution in [2.45, 2.75) is 6.42 Å². The van der Waals surface area contributed by atoms with Crippen molar-refractivity contribution in [3.05, 3.63) is 42.0 Å². The van der Waals surface area contributed by atoms with Gasteiger partial charge in [-0.3, -0.25) is 0 Å². The highest BCUT2D eigenvalue weighted by Gasteiger charge is 1.96. The van der Waals surface area contributed by atoms with Crippen molar-refractivity contribution < 1.29 is 8.42 Å². The van der Waals surface area contributed by atoms with Gasteiger partial charge in [-0.05, 0) is 12.0 Å². The lowest BCUT2D eigenvalue weighted by molar-refractivity contribution is 0.588. The third-order valence-corrected chi connectivity index (χ3v) is 2.51. The third-order valence-electron chi connectivity index (χ3n) is 1.79. The molecule has 0 saturated carbocycles. The number of benzene rings is 1. The average Bonchev–Trinajstić information content (AvgIpc) is 2.17. The second kappa shape index (κ2) is 5.68. The quantitative estimate of drug-likeness (QED) is 0.774. The smallest absolute Gasteiger partial charge is 0.208 e. The second-order valence-electron chi connectivity index (χ2n) is 3.27. The summed E-state index contributed by atoms with van der Waals surface area (Å²) in [7, 11) is -3.05. The minimum atomic E-state index is -3.05. The van der Waals surface area contributed by atoms with Gasteiger partial charge in [0, 0.05) is 6.54 Å². The molecule has 0 saturated heterocycles. The molecule has 82 valence electrons. The fourth-order valence-electron chi connectivity index (χ4n) is 1.11. The second-order valence-corrected chi connectivity index (χ2v) is 5.10. The first kappa shape index (κ1) is 11.9. The molecule has 0 amide bonds. The highest BCUT2D eigenvalue weighted by Crippen LogP contribution is 2.01. The highest BCUT2D eigenvalue weighted by molar-refractivity contribution is 7.88. The Hall–Kier alpha value is -1.13. The standard InChI is InChI=1S/C11H15NO2S/c1-15(13,14)12-10-6-5-9-11-7-3-2-4-8-11/h2-5,7-9,12H,6,10H2,1H3. The number of sulfonamides is 1. The van der Waals surface area contributed by atoms with Crippen LogP contribution in [-0.4, -0.2) is 21.2 Å². The molecule has 0 aliphatic rings. The fraction of sp³-hybridized carbons (Fsp3) is 0.273. The topological polar surface area (TPSA) is 46.2 Å². The molecule has 1 N–H and O–H groups in total. The minimum absolute atomic E-state index is 0.447. The molecule has 0 fully saturated rings. The number of rotatable bonds is 5. The summed E-state index contributed by atoms with van der Waals surface area (Å²) in [5, 5.41) is 0. The summed E-state index contributed by atoms with van der Waals surface area (Å²) in [5.41, 5.74) is 1.12. The Morgan fingerprint density at radius 1 is 1.27 bits per heavy atom. The van der Waals surface area contributed by atoms with Crippen LogP contribution >= 0.6 is 0 Å². The van der Waals surface area contributed by atoms with Gasteiger partial charge >= 0.3 is 0 Å². The highest BCUT2D eigenvalue weighted by atomic mass is 32.2. The van der Waals surface area contributed by atoms with Gasteiger partial charge in [0.2, 0.25) is 10.0 Å².